The highest BCUT2D eigenvalue weighted by Gasteiger charge is 2.18. The van der Waals surface area contributed by atoms with E-state index in [1.165, 1.54) is 0 Å². The molecule has 6 aromatic rings. The highest BCUT2D eigenvalue weighted by Crippen LogP contribution is 2.42. The van der Waals surface area contributed by atoms with Gasteiger partial charge in [0.15, 0.2) is 0 Å². The maximum atomic E-state index is 4.28. The van der Waals surface area contributed by atoms with Crippen molar-refractivity contribution in [1.29, 1.82) is 0 Å². The summed E-state index contributed by atoms with van der Waals surface area (Å²) in [5.41, 5.74) is 6.49. The molecule has 0 bridgehead atoms. The number of fused-ring (bicyclic) bond motifs is 1. The van der Waals surface area contributed by atoms with E-state index in [0.717, 1.165) is 49.4 Å². The molecule has 1 aromatic heterocycles. The van der Waals surface area contributed by atoms with Crippen LogP contribution in [0.1, 0.15) is 0 Å². The second kappa shape index (κ2) is 10.3. The van der Waals surface area contributed by atoms with Crippen LogP contribution in [0.2, 0.25) is 0 Å². The van der Waals surface area contributed by atoms with E-state index in [1.807, 2.05) is 30.6 Å². The number of para-hydroxylation sites is 3. The van der Waals surface area contributed by atoms with Crippen molar-refractivity contribution < 1.29 is 0 Å². The van der Waals surface area contributed by atoms with E-state index in [4.69, 9.17) is 0 Å². The number of pyridine rings is 1. The predicted octanol–water partition coefficient (Wildman–Crippen LogP) is 9.94. The number of hydrogen-bond donors (Lipinski definition) is 0. The molecule has 0 N–H and O–H groups in total. The molecule has 6 rings (SSSR count). The van der Waals surface area contributed by atoms with E-state index < -0.39 is 0 Å². The summed E-state index contributed by atoms with van der Waals surface area (Å²) in [5.74, 6) is 0. The first-order valence-corrected chi connectivity index (χ1v) is 13.0. The summed E-state index contributed by atoms with van der Waals surface area (Å²) in [6.45, 7) is 0. The third-order valence-electron chi connectivity index (χ3n) is 6.31. The molecule has 0 saturated heterocycles. The summed E-state index contributed by atoms with van der Waals surface area (Å²) in [7, 11) is 0. The summed E-state index contributed by atoms with van der Waals surface area (Å²) in [4.78, 5) is 8.85. The molecule has 4 heteroatoms. The van der Waals surface area contributed by atoms with Gasteiger partial charge in [-0.25, -0.2) is 0 Å². The Morgan fingerprint density at radius 2 is 0.946 bits per heavy atom. The van der Waals surface area contributed by atoms with E-state index in [1.54, 1.807) is 0 Å². The number of anilines is 6. The van der Waals surface area contributed by atoms with Gasteiger partial charge in [-0.05, 0) is 78.2 Å². The highest BCUT2D eigenvalue weighted by atomic mass is 79.9. The lowest BCUT2D eigenvalue weighted by molar-refractivity contribution is 1.25. The van der Waals surface area contributed by atoms with Crippen LogP contribution in [0.5, 0.6) is 0 Å². The van der Waals surface area contributed by atoms with Gasteiger partial charge in [0, 0.05) is 56.4 Å². The van der Waals surface area contributed by atoms with Crippen LogP contribution < -0.4 is 9.80 Å². The minimum atomic E-state index is 1.00. The fraction of sp³-hybridized carbons (Fsp3) is 0. The van der Waals surface area contributed by atoms with Gasteiger partial charge in [0.1, 0.15) is 0 Å². The van der Waals surface area contributed by atoms with Gasteiger partial charge in [-0.15, -0.1) is 0 Å². The molecule has 1 heterocycles. The molecule has 0 unspecified atom stereocenters. The molecule has 37 heavy (non-hydrogen) atoms. The van der Waals surface area contributed by atoms with Crippen molar-refractivity contribution in [2.75, 3.05) is 9.80 Å². The van der Waals surface area contributed by atoms with Crippen LogP contribution in [0.25, 0.3) is 10.8 Å². The van der Waals surface area contributed by atoms with Gasteiger partial charge < -0.3 is 9.80 Å². The maximum Gasteiger partial charge on any atom is 0.0493 e. The van der Waals surface area contributed by atoms with Gasteiger partial charge in [-0.3, -0.25) is 4.98 Å². The van der Waals surface area contributed by atoms with Gasteiger partial charge in [0.2, 0.25) is 0 Å². The quantitative estimate of drug-likeness (QED) is 0.209. The highest BCUT2D eigenvalue weighted by molar-refractivity contribution is 9.10. The molecule has 0 atom stereocenters. The maximum absolute atomic E-state index is 4.28. The number of aromatic nitrogens is 1. The van der Waals surface area contributed by atoms with Gasteiger partial charge in [-0.2, -0.15) is 0 Å². The second-order valence-corrected chi connectivity index (χ2v) is 9.67. The zero-order valence-electron chi connectivity index (χ0n) is 20.1. The molecule has 0 aliphatic heterocycles. The summed E-state index contributed by atoms with van der Waals surface area (Å²) in [5, 5.41) is 2.27. The van der Waals surface area contributed by atoms with Crippen LogP contribution in [-0.2, 0) is 0 Å². The number of benzene rings is 5. The van der Waals surface area contributed by atoms with E-state index in [0.29, 0.717) is 0 Å². The Hall–Kier alpha value is -4.41. The largest absolute Gasteiger partial charge is 0.310 e. The number of hydrogen-bond acceptors (Lipinski definition) is 3. The van der Waals surface area contributed by atoms with Crippen LogP contribution in [-0.4, -0.2) is 4.98 Å². The molecule has 0 amide bonds. The van der Waals surface area contributed by atoms with E-state index in [-0.39, 0.29) is 0 Å². The minimum Gasteiger partial charge on any atom is -0.310 e. The molecule has 0 radical (unpaired) electrons. The number of halogens is 1. The van der Waals surface area contributed by atoms with E-state index in [2.05, 4.69) is 146 Å². The molecule has 5 aromatic carbocycles. The van der Waals surface area contributed by atoms with E-state index in [9.17, 15) is 0 Å². The Bertz CT molecular complexity index is 1600. The lowest BCUT2D eigenvalue weighted by Gasteiger charge is -2.30. The Morgan fingerprint density at radius 3 is 1.49 bits per heavy atom. The van der Waals surface area contributed by atoms with Gasteiger partial charge in [0.25, 0.3) is 0 Å². The first-order valence-electron chi connectivity index (χ1n) is 12.2. The molecular formula is C33H24BrN3. The fourth-order valence-corrected chi connectivity index (χ4v) is 5.12. The summed E-state index contributed by atoms with van der Waals surface area (Å²) in [6.07, 6.45) is 3.74. The lowest BCUT2D eigenvalue weighted by Crippen LogP contribution is -2.13. The average Bonchev–Trinajstić information content (AvgIpc) is 2.95. The van der Waals surface area contributed by atoms with Gasteiger partial charge >= 0.3 is 0 Å². The van der Waals surface area contributed by atoms with Crippen LogP contribution in [0.3, 0.4) is 0 Å². The zero-order chi connectivity index (χ0) is 25.0. The third-order valence-corrected chi connectivity index (χ3v) is 6.77. The van der Waals surface area contributed by atoms with Crippen LogP contribution in [0.4, 0.5) is 34.1 Å². The Morgan fingerprint density at radius 1 is 0.432 bits per heavy atom. The van der Waals surface area contributed by atoms with Crippen molar-refractivity contribution in [3.63, 3.8) is 0 Å². The lowest BCUT2D eigenvalue weighted by atomic mass is 10.1. The Labute approximate surface area is 225 Å². The van der Waals surface area contributed by atoms with Crippen molar-refractivity contribution >= 4 is 60.8 Å². The van der Waals surface area contributed by atoms with Crippen molar-refractivity contribution in [3.8, 4) is 0 Å². The molecule has 178 valence electrons. The van der Waals surface area contributed by atoms with Crippen LogP contribution in [0, 0.1) is 0 Å². The normalized spacial score (nSPS) is 10.8. The fourth-order valence-electron chi connectivity index (χ4n) is 4.65. The molecule has 0 aliphatic rings. The summed E-state index contributed by atoms with van der Waals surface area (Å²) in [6, 6.07) is 46.6. The molecule has 0 spiro atoms. The number of nitrogens with zero attached hydrogens (tertiary/aromatic N) is 3. The Balaban J connectivity index is 1.54. The van der Waals surface area contributed by atoms with Crippen LogP contribution in [0.15, 0.2) is 150 Å². The molecule has 0 fully saturated rings. The first-order chi connectivity index (χ1) is 18.3. The van der Waals surface area contributed by atoms with Gasteiger partial charge in [0.05, 0.1) is 0 Å². The van der Waals surface area contributed by atoms with Crippen molar-refractivity contribution in [2.45, 2.75) is 0 Å². The zero-order valence-corrected chi connectivity index (χ0v) is 21.7. The monoisotopic (exact) mass is 541 g/mol. The third kappa shape index (κ3) is 4.84. The standard InChI is InChI=1S/C33H24BrN3/c34-27-21-32(36(28-10-4-1-5-11-28)29-12-6-2-7-13-29)23-33(22-27)37(30-14-8-3-9-15-30)31-17-16-26-24-35-19-18-25(26)20-31/h1-24H. The minimum absolute atomic E-state index is 1.00. The molecule has 3 nitrogen and oxygen atoms in total. The Kier molecular flexibility index (Phi) is 6.40. The van der Waals surface area contributed by atoms with E-state index >= 15 is 0 Å². The number of rotatable bonds is 6. The summed E-state index contributed by atoms with van der Waals surface area (Å²) >= 11 is 3.82. The average molecular weight is 542 g/mol. The smallest absolute Gasteiger partial charge is 0.0493 e. The predicted molar refractivity (Wildman–Crippen MR) is 159 cm³/mol. The molecule has 0 aliphatic carbocycles. The molecular weight excluding hydrogens is 518 g/mol. The van der Waals surface area contributed by atoms with Crippen molar-refractivity contribution in [3.05, 3.63) is 150 Å². The van der Waals surface area contributed by atoms with Crippen LogP contribution >= 0.6 is 15.9 Å². The van der Waals surface area contributed by atoms with Gasteiger partial charge in [-0.1, -0.05) is 76.6 Å². The van der Waals surface area contributed by atoms with Crippen molar-refractivity contribution in [2.24, 2.45) is 0 Å². The first kappa shape index (κ1) is 23.0. The van der Waals surface area contributed by atoms with Crippen molar-refractivity contribution in [1.82, 2.24) is 4.98 Å². The SMILES string of the molecule is Brc1cc(N(c2ccccc2)c2ccccc2)cc(N(c2ccccc2)c2ccc3cnccc3c2)c1. The second-order valence-electron chi connectivity index (χ2n) is 8.75. The summed E-state index contributed by atoms with van der Waals surface area (Å²) < 4.78 is 1.00. The topological polar surface area (TPSA) is 19.4 Å². The molecule has 0 saturated carbocycles.